The molecule has 7 heteroatoms. The lowest BCUT2D eigenvalue weighted by Crippen LogP contribution is -2.13. The minimum Gasteiger partial charge on any atom is -0.199 e. The molecule has 1 aromatic carbocycles. The maximum absolute atomic E-state index is 12.0. The molecule has 1 heterocycles. The van der Waals surface area contributed by atoms with Crippen LogP contribution in [0.25, 0.3) is 0 Å². The van der Waals surface area contributed by atoms with E-state index < -0.39 is 10.0 Å². The van der Waals surface area contributed by atoms with Crippen LogP contribution in [-0.2, 0) is 10.0 Å². The molecule has 0 radical (unpaired) electrons. The van der Waals surface area contributed by atoms with Crippen LogP contribution in [0.15, 0.2) is 41.6 Å². The Hall–Kier alpha value is -1.04. The highest BCUT2D eigenvalue weighted by molar-refractivity contribution is 7.89. The quantitative estimate of drug-likeness (QED) is 0.847. The molecule has 4 nitrogen and oxygen atoms in total. The molecule has 2 rings (SSSR count). The largest absolute Gasteiger partial charge is 0.282 e. The SMILES string of the molecule is O=S(=O)(c1ccc(Cl)c(Cl)c1)n1cccn1. The van der Waals surface area contributed by atoms with E-state index in [-0.39, 0.29) is 9.92 Å². The van der Waals surface area contributed by atoms with E-state index in [2.05, 4.69) is 5.10 Å². The van der Waals surface area contributed by atoms with Crippen LogP contribution in [0.5, 0.6) is 0 Å². The molecule has 0 aliphatic carbocycles. The third-order valence-corrected chi connectivity index (χ3v) is 4.21. The number of nitrogens with zero attached hydrogens (tertiary/aromatic N) is 2. The first kappa shape index (κ1) is 11.4. The fourth-order valence-corrected chi connectivity index (χ4v) is 2.64. The smallest absolute Gasteiger partial charge is 0.199 e. The fraction of sp³-hybridized carbons (Fsp3) is 0. The molecular weight excluding hydrogens is 271 g/mol. The molecule has 0 unspecified atom stereocenters. The Morgan fingerprint density at radius 1 is 1.19 bits per heavy atom. The molecule has 0 atom stereocenters. The number of hydrogen-bond acceptors (Lipinski definition) is 3. The molecule has 0 saturated heterocycles. The van der Waals surface area contributed by atoms with E-state index in [0.717, 1.165) is 4.09 Å². The molecule has 0 amide bonds. The van der Waals surface area contributed by atoms with Gasteiger partial charge in [-0.15, -0.1) is 0 Å². The van der Waals surface area contributed by atoms with Crippen LogP contribution in [-0.4, -0.2) is 17.6 Å². The van der Waals surface area contributed by atoms with Gasteiger partial charge in [0, 0.05) is 6.20 Å². The summed E-state index contributed by atoms with van der Waals surface area (Å²) in [4.78, 5) is 0.0469. The van der Waals surface area contributed by atoms with Crippen molar-refractivity contribution in [1.29, 1.82) is 0 Å². The van der Waals surface area contributed by atoms with Crippen molar-refractivity contribution in [3.63, 3.8) is 0 Å². The standard InChI is InChI=1S/C9H6Cl2N2O2S/c10-8-3-2-7(6-9(8)11)16(14,15)13-5-1-4-12-13/h1-6H. The van der Waals surface area contributed by atoms with E-state index in [9.17, 15) is 8.42 Å². The molecule has 0 aliphatic heterocycles. The highest BCUT2D eigenvalue weighted by atomic mass is 35.5. The Bertz CT molecular complexity index is 608. The minimum absolute atomic E-state index is 0.0469. The van der Waals surface area contributed by atoms with Gasteiger partial charge in [0.2, 0.25) is 0 Å². The van der Waals surface area contributed by atoms with Gasteiger partial charge < -0.3 is 0 Å². The van der Waals surface area contributed by atoms with Gasteiger partial charge in [0.05, 0.1) is 21.1 Å². The highest BCUT2D eigenvalue weighted by Gasteiger charge is 2.17. The lowest BCUT2D eigenvalue weighted by atomic mass is 10.4. The fourth-order valence-electron chi connectivity index (χ4n) is 1.14. The summed E-state index contributed by atoms with van der Waals surface area (Å²) >= 11 is 11.5. The van der Waals surface area contributed by atoms with Crippen molar-refractivity contribution < 1.29 is 8.42 Å². The third-order valence-electron chi connectivity index (χ3n) is 1.92. The zero-order valence-electron chi connectivity index (χ0n) is 7.84. The van der Waals surface area contributed by atoms with Crippen molar-refractivity contribution in [3.05, 3.63) is 46.7 Å². The van der Waals surface area contributed by atoms with Gasteiger partial charge in [-0.05, 0) is 24.3 Å². The molecule has 2 aromatic rings. The van der Waals surface area contributed by atoms with Gasteiger partial charge in [-0.1, -0.05) is 23.2 Å². The van der Waals surface area contributed by atoms with E-state index >= 15 is 0 Å². The molecule has 16 heavy (non-hydrogen) atoms. The molecule has 1 aromatic heterocycles. The first-order valence-corrected chi connectivity index (χ1v) is 6.42. The molecule has 0 saturated carbocycles. The van der Waals surface area contributed by atoms with E-state index in [4.69, 9.17) is 23.2 Å². The summed E-state index contributed by atoms with van der Waals surface area (Å²) in [5, 5.41) is 4.17. The van der Waals surface area contributed by atoms with Crippen LogP contribution in [0.1, 0.15) is 0 Å². The lowest BCUT2D eigenvalue weighted by Gasteiger charge is -2.04. The van der Waals surface area contributed by atoms with Gasteiger partial charge in [0.1, 0.15) is 0 Å². The van der Waals surface area contributed by atoms with Crippen molar-refractivity contribution >= 4 is 33.2 Å². The predicted octanol–water partition coefficient (Wildman–Crippen LogP) is 2.43. The second kappa shape index (κ2) is 4.08. The second-order valence-corrected chi connectivity index (χ2v) is 5.57. The summed E-state index contributed by atoms with van der Waals surface area (Å²) in [5.41, 5.74) is 0. The van der Waals surface area contributed by atoms with Crippen molar-refractivity contribution in [3.8, 4) is 0 Å². The van der Waals surface area contributed by atoms with E-state index in [1.165, 1.54) is 36.7 Å². The van der Waals surface area contributed by atoms with Gasteiger partial charge in [-0.25, -0.2) is 0 Å². The van der Waals surface area contributed by atoms with Crippen LogP contribution in [0, 0.1) is 0 Å². The van der Waals surface area contributed by atoms with Gasteiger partial charge >= 0.3 is 0 Å². The Morgan fingerprint density at radius 3 is 2.50 bits per heavy atom. The first-order chi connectivity index (χ1) is 7.51. The maximum atomic E-state index is 12.0. The molecule has 0 spiro atoms. The second-order valence-electron chi connectivity index (χ2n) is 2.96. The number of aromatic nitrogens is 2. The zero-order valence-corrected chi connectivity index (χ0v) is 10.2. The van der Waals surface area contributed by atoms with Crippen molar-refractivity contribution in [2.45, 2.75) is 4.90 Å². The Balaban J connectivity index is 2.57. The van der Waals surface area contributed by atoms with E-state index in [0.29, 0.717) is 5.02 Å². The van der Waals surface area contributed by atoms with Crippen LogP contribution in [0.4, 0.5) is 0 Å². The van der Waals surface area contributed by atoms with Gasteiger partial charge in [0.15, 0.2) is 0 Å². The lowest BCUT2D eigenvalue weighted by molar-refractivity contribution is 0.580. The number of hydrogen-bond donors (Lipinski definition) is 0. The molecule has 0 aliphatic rings. The van der Waals surface area contributed by atoms with E-state index in [1.807, 2.05) is 0 Å². The summed E-state index contributed by atoms with van der Waals surface area (Å²) in [6.45, 7) is 0. The van der Waals surface area contributed by atoms with Gasteiger partial charge in [-0.3, -0.25) is 0 Å². The van der Waals surface area contributed by atoms with Crippen molar-refractivity contribution in [2.75, 3.05) is 0 Å². The molecule has 84 valence electrons. The highest BCUT2D eigenvalue weighted by Crippen LogP contribution is 2.25. The maximum Gasteiger partial charge on any atom is 0.282 e. The number of benzene rings is 1. The Morgan fingerprint density at radius 2 is 1.94 bits per heavy atom. The Labute approximate surface area is 102 Å². The average Bonchev–Trinajstić information content (AvgIpc) is 2.75. The molecule has 0 bridgehead atoms. The summed E-state index contributed by atoms with van der Waals surface area (Å²) < 4.78 is 24.8. The summed E-state index contributed by atoms with van der Waals surface area (Å²) in [7, 11) is -3.67. The minimum atomic E-state index is -3.67. The van der Waals surface area contributed by atoms with Gasteiger partial charge in [-0.2, -0.15) is 17.6 Å². The molecule has 0 N–H and O–H groups in total. The van der Waals surface area contributed by atoms with Crippen molar-refractivity contribution in [2.24, 2.45) is 0 Å². The summed E-state index contributed by atoms with van der Waals surface area (Å²) in [5.74, 6) is 0. The van der Waals surface area contributed by atoms with Gasteiger partial charge in [0.25, 0.3) is 10.0 Å². The molecular formula is C9H6Cl2N2O2S. The van der Waals surface area contributed by atoms with Crippen LogP contribution in [0.3, 0.4) is 0 Å². The topological polar surface area (TPSA) is 52.0 Å². The number of rotatable bonds is 2. The summed E-state index contributed by atoms with van der Waals surface area (Å²) in [6, 6.07) is 5.63. The van der Waals surface area contributed by atoms with Crippen molar-refractivity contribution in [1.82, 2.24) is 9.19 Å². The average molecular weight is 277 g/mol. The van der Waals surface area contributed by atoms with Crippen LogP contribution >= 0.6 is 23.2 Å². The predicted molar refractivity (Wildman–Crippen MR) is 61.3 cm³/mol. The Kier molecular flexibility index (Phi) is 2.92. The zero-order chi connectivity index (χ0) is 11.8. The monoisotopic (exact) mass is 276 g/mol. The van der Waals surface area contributed by atoms with E-state index in [1.54, 1.807) is 0 Å². The molecule has 0 fully saturated rings. The van der Waals surface area contributed by atoms with Crippen LogP contribution < -0.4 is 0 Å². The van der Waals surface area contributed by atoms with Crippen LogP contribution in [0.2, 0.25) is 10.0 Å². The first-order valence-electron chi connectivity index (χ1n) is 4.22. The normalized spacial score (nSPS) is 11.6. The summed E-state index contributed by atoms with van der Waals surface area (Å²) in [6.07, 6.45) is 2.73. The third kappa shape index (κ3) is 1.93. The number of halogens is 2.